The van der Waals surface area contributed by atoms with E-state index in [1.54, 1.807) is 12.1 Å². The van der Waals surface area contributed by atoms with Crippen LogP contribution in [0.4, 0.5) is 20.3 Å². The summed E-state index contributed by atoms with van der Waals surface area (Å²) in [5.74, 6) is -4.69. The van der Waals surface area contributed by atoms with E-state index in [1.807, 2.05) is 17.0 Å². The van der Waals surface area contributed by atoms with E-state index in [4.69, 9.17) is 0 Å². The summed E-state index contributed by atoms with van der Waals surface area (Å²) in [4.78, 5) is 18.7. The topological polar surface area (TPSA) is 94.6 Å². The number of carbonyl (C=O) groups excluding carboxylic acids is 1. The maximum absolute atomic E-state index is 14.2. The standard InChI is InChI=1S/C22H24BrF2N5O3S/c1-13-9-30(10-14(2)22(13,24)25)34(32,33)15-7-17(23)19(26-8-15)29-11-21(12-29)27-18-6-4-3-5-16(18)20(31)28-21/h3-8,13-14,27H,9-12H2,1-2H3,(H,28,31)/t13-,14+. The number of anilines is 2. The molecule has 3 aliphatic heterocycles. The fourth-order valence-electron chi connectivity index (χ4n) is 4.82. The minimum atomic E-state index is -3.98. The van der Waals surface area contributed by atoms with E-state index >= 15 is 0 Å². The first-order valence-corrected chi connectivity index (χ1v) is 13.1. The van der Waals surface area contributed by atoms with Gasteiger partial charge in [-0.25, -0.2) is 22.2 Å². The van der Waals surface area contributed by atoms with E-state index in [2.05, 4.69) is 31.5 Å². The summed E-state index contributed by atoms with van der Waals surface area (Å²) >= 11 is 3.42. The number of para-hydroxylation sites is 1. The van der Waals surface area contributed by atoms with Gasteiger partial charge in [0.15, 0.2) is 0 Å². The van der Waals surface area contributed by atoms with Crippen molar-refractivity contribution in [1.29, 1.82) is 0 Å². The van der Waals surface area contributed by atoms with Crippen molar-refractivity contribution in [3.63, 3.8) is 0 Å². The summed E-state index contributed by atoms with van der Waals surface area (Å²) < 4.78 is 56.3. The molecule has 0 saturated carbocycles. The zero-order chi connectivity index (χ0) is 24.5. The van der Waals surface area contributed by atoms with Crippen LogP contribution in [0.1, 0.15) is 24.2 Å². The number of nitrogens with zero attached hydrogens (tertiary/aromatic N) is 3. The lowest BCUT2D eigenvalue weighted by atomic mass is 9.88. The summed E-state index contributed by atoms with van der Waals surface area (Å²) in [7, 11) is -3.98. The molecule has 8 nitrogen and oxygen atoms in total. The van der Waals surface area contributed by atoms with Gasteiger partial charge in [0.2, 0.25) is 10.0 Å². The van der Waals surface area contributed by atoms with Crippen LogP contribution < -0.4 is 15.5 Å². The Bertz CT molecular complexity index is 1250. The van der Waals surface area contributed by atoms with E-state index in [-0.39, 0.29) is 23.9 Å². The van der Waals surface area contributed by atoms with Gasteiger partial charge < -0.3 is 15.5 Å². The average Bonchev–Trinajstić information content (AvgIpc) is 2.75. The molecule has 1 aromatic heterocycles. The Morgan fingerprint density at radius 3 is 2.41 bits per heavy atom. The largest absolute Gasteiger partial charge is 0.359 e. The van der Waals surface area contributed by atoms with Gasteiger partial charge in [0, 0.05) is 36.8 Å². The second-order valence-corrected chi connectivity index (χ2v) is 12.1. The number of fused-ring (bicyclic) bond motifs is 1. The predicted molar refractivity (Wildman–Crippen MR) is 126 cm³/mol. The normalized spacial score (nSPS) is 25.8. The molecule has 0 radical (unpaired) electrons. The van der Waals surface area contributed by atoms with Gasteiger partial charge in [-0.05, 0) is 34.1 Å². The first-order valence-electron chi connectivity index (χ1n) is 10.9. The smallest absolute Gasteiger partial charge is 0.255 e. The molecule has 2 fully saturated rings. The monoisotopic (exact) mass is 555 g/mol. The Morgan fingerprint density at radius 2 is 1.76 bits per heavy atom. The number of halogens is 3. The van der Waals surface area contributed by atoms with Crippen LogP contribution in [0.15, 0.2) is 45.9 Å². The number of piperidine rings is 1. The Balaban J connectivity index is 1.32. The molecule has 3 aliphatic rings. The van der Waals surface area contributed by atoms with E-state index < -0.39 is 33.4 Å². The van der Waals surface area contributed by atoms with Gasteiger partial charge in [0.05, 0.1) is 23.1 Å². The van der Waals surface area contributed by atoms with E-state index in [1.165, 1.54) is 26.1 Å². The van der Waals surface area contributed by atoms with Crippen molar-refractivity contribution in [3.8, 4) is 0 Å². The molecule has 2 aromatic rings. The number of hydrogen-bond donors (Lipinski definition) is 2. The highest BCUT2D eigenvalue weighted by atomic mass is 79.9. The molecular weight excluding hydrogens is 532 g/mol. The summed E-state index contributed by atoms with van der Waals surface area (Å²) in [6.45, 7) is 3.10. The van der Waals surface area contributed by atoms with Crippen molar-refractivity contribution in [3.05, 3.63) is 46.6 Å². The van der Waals surface area contributed by atoms with Crippen LogP contribution in [0.2, 0.25) is 0 Å². The minimum Gasteiger partial charge on any atom is -0.359 e. The second kappa shape index (κ2) is 7.85. The molecule has 182 valence electrons. The zero-order valence-corrected chi connectivity index (χ0v) is 21.0. The van der Waals surface area contributed by atoms with Crippen molar-refractivity contribution < 1.29 is 22.0 Å². The Labute approximate surface area is 204 Å². The fraction of sp³-hybridized carbons (Fsp3) is 0.455. The number of aromatic nitrogens is 1. The number of rotatable bonds is 3. The lowest BCUT2D eigenvalue weighted by Crippen LogP contribution is -2.76. The van der Waals surface area contributed by atoms with Crippen LogP contribution in [-0.2, 0) is 10.0 Å². The van der Waals surface area contributed by atoms with Crippen LogP contribution in [-0.4, -0.2) is 61.4 Å². The lowest BCUT2D eigenvalue weighted by molar-refractivity contribution is -0.126. The number of nitrogens with one attached hydrogen (secondary N) is 2. The summed E-state index contributed by atoms with van der Waals surface area (Å²) in [6.07, 6.45) is 1.25. The molecule has 5 rings (SSSR count). The number of pyridine rings is 1. The number of carbonyl (C=O) groups is 1. The molecule has 2 atom stereocenters. The minimum absolute atomic E-state index is 0.0546. The number of hydrogen-bond acceptors (Lipinski definition) is 6. The third-order valence-corrected chi connectivity index (χ3v) is 9.20. The van der Waals surface area contributed by atoms with Gasteiger partial charge in [-0.3, -0.25) is 4.79 Å². The van der Waals surface area contributed by atoms with Crippen molar-refractivity contribution >= 4 is 43.4 Å². The highest BCUT2D eigenvalue weighted by Crippen LogP contribution is 2.40. The SMILES string of the molecule is C[C@@H]1CN(S(=O)(=O)c2cnc(N3CC4(C3)NC(=O)c3ccccc3N4)c(Br)c2)C[C@H](C)C1(F)F. The maximum atomic E-state index is 14.2. The van der Waals surface area contributed by atoms with E-state index in [0.29, 0.717) is 28.9 Å². The summed E-state index contributed by atoms with van der Waals surface area (Å²) in [5, 5.41) is 6.37. The van der Waals surface area contributed by atoms with Crippen LogP contribution in [0.3, 0.4) is 0 Å². The Kier molecular flexibility index (Phi) is 5.41. The molecule has 34 heavy (non-hydrogen) atoms. The lowest BCUT2D eigenvalue weighted by Gasteiger charge is -2.53. The Morgan fingerprint density at radius 1 is 1.12 bits per heavy atom. The molecule has 1 aromatic carbocycles. The molecule has 1 spiro atoms. The van der Waals surface area contributed by atoms with Gasteiger partial charge in [-0.2, -0.15) is 4.31 Å². The van der Waals surface area contributed by atoms with Gasteiger partial charge in [0.25, 0.3) is 11.8 Å². The molecule has 0 unspecified atom stereocenters. The Hall–Kier alpha value is -2.31. The van der Waals surface area contributed by atoms with Crippen LogP contribution >= 0.6 is 15.9 Å². The first kappa shape index (κ1) is 23.4. The number of sulfonamides is 1. The second-order valence-electron chi connectivity index (χ2n) is 9.34. The quantitative estimate of drug-likeness (QED) is 0.604. The van der Waals surface area contributed by atoms with Crippen molar-refractivity contribution in [1.82, 2.24) is 14.6 Å². The number of amides is 1. The predicted octanol–water partition coefficient (Wildman–Crippen LogP) is 3.13. The molecular formula is C22H24BrF2N5O3S. The first-order chi connectivity index (χ1) is 15.9. The van der Waals surface area contributed by atoms with Crippen molar-refractivity contribution in [2.75, 3.05) is 36.4 Å². The van der Waals surface area contributed by atoms with E-state index in [0.717, 1.165) is 9.99 Å². The van der Waals surface area contributed by atoms with Crippen molar-refractivity contribution in [2.45, 2.75) is 30.3 Å². The molecule has 0 aliphatic carbocycles. The molecule has 4 heterocycles. The van der Waals surface area contributed by atoms with Crippen LogP contribution in [0.25, 0.3) is 0 Å². The van der Waals surface area contributed by atoms with Gasteiger partial charge in [-0.15, -0.1) is 0 Å². The highest BCUT2D eigenvalue weighted by molar-refractivity contribution is 9.10. The van der Waals surface area contributed by atoms with Gasteiger partial charge >= 0.3 is 0 Å². The molecule has 1 amide bonds. The van der Waals surface area contributed by atoms with E-state index in [9.17, 15) is 22.0 Å². The van der Waals surface area contributed by atoms with Crippen LogP contribution in [0, 0.1) is 11.8 Å². The molecule has 12 heteroatoms. The number of alkyl halides is 2. The van der Waals surface area contributed by atoms with Crippen molar-refractivity contribution in [2.24, 2.45) is 11.8 Å². The maximum Gasteiger partial charge on any atom is 0.255 e. The fourth-order valence-corrected chi connectivity index (χ4v) is 7.17. The third kappa shape index (κ3) is 3.66. The molecule has 0 bridgehead atoms. The van der Waals surface area contributed by atoms with Gasteiger partial charge in [0.1, 0.15) is 16.4 Å². The molecule has 2 N–H and O–H groups in total. The number of benzene rings is 1. The van der Waals surface area contributed by atoms with Crippen LogP contribution in [0.5, 0.6) is 0 Å². The summed E-state index contributed by atoms with van der Waals surface area (Å²) in [5.41, 5.74) is 0.706. The average molecular weight is 556 g/mol. The van der Waals surface area contributed by atoms with Gasteiger partial charge in [-0.1, -0.05) is 26.0 Å². The molecule has 2 saturated heterocycles. The third-order valence-electron chi connectivity index (χ3n) is 6.82. The zero-order valence-electron chi connectivity index (χ0n) is 18.6. The highest BCUT2D eigenvalue weighted by Gasteiger charge is 2.50. The summed E-state index contributed by atoms with van der Waals surface area (Å²) in [6, 6.07) is 8.72.